The van der Waals surface area contributed by atoms with Crippen LogP contribution in [0, 0.1) is 0 Å². The van der Waals surface area contributed by atoms with Crippen molar-refractivity contribution in [3.63, 3.8) is 0 Å². The SMILES string of the molecule is Cn1cc(-c2ccc(CNC(=O)c3ccc(Oc4nccs4)cc3)cn2)cn1. The molecule has 1 N–H and O–H groups in total. The largest absolute Gasteiger partial charge is 0.431 e. The fraction of sp³-hybridized carbons (Fsp3) is 0.100. The van der Waals surface area contributed by atoms with Crippen LogP contribution in [0.25, 0.3) is 11.3 Å². The predicted octanol–water partition coefficient (Wildman–Crippen LogP) is 3.66. The molecule has 1 aromatic carbocycles. The molecule has 0 aliphatic heterocycles. The van der Waals surface area contributed by atoms with Crippen LogP contribution in [0.5, 0.6) is 10.9 Å². The van der Waals surface area contributed by atoms with Crippen LogP contribution in [0.1, 0.15) is 15.9 Å². The quantitative estimate of drug-likeness (QED) is 0.542. The predicted molar refractivity (Wildman–Crippen MR) is 106 cm³/mol. The van der Waals surface area contributed by atoms with Gasteiger partial charge in [-0.2, -0.15) is 5.10 Å². The Labute approximate surface area is 165 Å². The maximum Gasteiger partial charge on any atom is 0.278 e. The Kier molecular flexibility index (Phi) is 5.11. The lowest BCUT2D eigenvalue weighted by molar-refractivity contribution is 0.0951. The minimum Gasteiger partial charge on any atom is -0.431 e. The van der Waals surface area contributed by atoms with Gasteiger partial charge in [0.25, 0.3) is 11.1 Å². The Morgan fingerprint density at radius 3 is 2.64 bits per heavy atom. The van der Waals surface area contributed by atoms with Gasteiger partial charge in [0, 0.05) is 48.7 Å². The number of benzene rings is 1. The van der Waals surface area contributed by atoms with E-state index in [1.165, 1.54) is 11.3 Å². The number of thiazole rings is 1. The summed E-state index contributed by atoms with van der Waals surface area (Å²) in [7, 11) is 1.87. The third kappa shape index (κ3) is 4.24. The molecule has 28 heavy (non-hydrogen) atoms. The van der Waals surface area contributed by atoms with Crippen molar-refractivity contribution in [3.8, 4) is 22.2 Å². The molecule has 7 nitrogen and oxygen atoms in total. The van der Waals surface area contributed by atoms with Gasteiger partial charge in [0.15, 0.2) is 0 Å². The lowest BCUT2D eigenvalue weighted by Gasteiger charge is -2.07. The van der Waals surface area contributed by atoms with Gasteiger partial charge in [0.05, 0.1) is 11.9 Å². The van der Waals surface area contributed by atoms with Crippen LogP contribution in [-0.4, -0.2) is 25.7 Å². The molecule has 0 aliphatic carbocycles. The van der Waals surface area contributed by atoms with Gasteiger partial charge in [0.1, 0.15) is 5.75 Å². The van der Waals surface area contributed by atoms with Crippen LogP contribution >= 0.6 is 11.3 Å². The molecule has 1 amide bonds. The first-order valence-electron chi connectivity index (χ1n) is 8.57. The second-order valence-corrected chi connectivity index (χ2v) is 6.92. The molecule has 0 fully saturated rings. The summed E-state index contributed by atoms with van der Waals surface area (Å²) in [6, 6.07) is 10.8. The first kappa shape index (κ1) is 17.9. The molecule has 0 atom stereocenters. The van der Waals surface area contributed by atoms with Gasteiger partial charge in [-0.1, -0.05) is 17.4 Å². The van der Waals surface area contributed by atoms with Crippen molar-refractivity contribution in [2.45, 2.75) is 6.54 Å². The van der Waals surface area contributed by atoms with E-state index in [0.29, 0.717) is 23.1 Å². The Morgan fingerprint density at radius 2 is 2.00 bits per heavy atom. The van der Waals surface area contributed by atoms with E-state index in [2.05, 4.69) is 20.4 Å². The Bertz CT molecular complexity index is 1060. The molecule has 140 valence electrons. The maximum atomic E-state index is 12.3. The van der Waals surface area contributed by atoms with Gasteiger partial charge in [0.2, 0.25) is 0 Å². The summed E-state index contributed by atoms with van der Waals surface area (Å²) in [5.41, 5.74) is 3.29. The average molecular weight is 391 g/mol. The number of rotatable bonds is 6. The standard InChI is InChI=1S/C20H17N5O2S/c1-25-13-16(12-24-25)18-7-2-14(10-22-18)11-23-19(26)15-3-5-17(6-4-15)27-20-21-8-9-28-20/h2-10,12-13H,11H2,1H3,(H,23,26). The molecule has 4 rings (SSSR count). The smallest absolute Gasteiger partial charge is 0.278 e. The zero-order valence-electron chi connectivity index (χ0n) is 15.1. The number of nitrogens with zero attached hydrogens (tertiary/aromatic N) is 4. The van der Waals surface area contributed by atoms with Crippen LogP contribution in [0.2, 0.25) is 0 Å². The highest BCUT2D eigenvalue weighted by atomic mass is 32.1. The molecule has 0 radical (unpaired) electrons. The van der Waals surface area contributed by atoms with E-state index < -0.39 is 0 Å². The minimum atomic E-state index is -0.155. The van der Waals surface area contributed by atoms with Crippen LogP contribution in [-0.2, 0) is 13.6 Å². The van der Waals surface area contributed by atoms with E-state index in [0.717, 1.165) is 16.8 Å². The van der Waals surface area contributed by atoms with Crippen molar-refractivity contribution >= 4 is 17.2 Å². The van der Waals surface area contributed by atoms with Crippen molar-refractivity contribution in [1.82, 2.24) is 25.1 Å². The molecule has 3 heterocycles. The third-order valence-electron chi connectivity index (χ3n) is 4.01. The van der Waals surface area contributed by atoms with Gasteiger partial charge in [-0.05, 0) is 35.9 Å². The molecular formula is C20H17N5O2S. The highest BCUT2D eigenvalue weighted by molar-refractivity contribution is 7.11. The Balaban J connectivity index is 1.33. The van der Waals surface area contributed by atoms with Crippen molar-refractivity contribution in [3.05, 3.63) is 77.7 Å². The van der Waals surface area contributed by atoms with Gasteiger partial charge >= 0.3 is 0 Å². The number of amides is 1. The van der Waals surface area contributed by atoms with Gasteiger partial charge < -0.3 is 10.1 Å². The lowest BCUT2D eigenvalue weighted by atomic mass is 10.2. The normalized spacial score (nSPS) is 10.6. The second kappa shape index (κ2) is 8.01. The van der Waals surface area contributed by atoms with Gasteiger partial charge in [-0.25, -0.2) is 4.98 Å². The summed E-state index contributed by atoms with van der Waals surface area (Å²) in [5, 5.41) is 9.45. The van der Waals surface area contributed by atoms with E-state index in [9.17, 15) is 4.79 Å². The Morgan fingerprint density at radius 1 is 1.14 bits per heavy atom. The molecule has 4 aromatic rings. The summed E-state index contributed by atoms with van der Waals surface area (Å²) >= 11 is 1.41. The average Bonchev–Trinajstić information content (AvgIpc) is 3.39. The fourth-order valence-electron chi connectivity index (χ4n) is 2.57. The van der Waals surface area contributed by atoms with E-state index in [4.69, 9.17) is 4.74 Å². The molecule has 0 spiro atoms. The molecule has 0 aliphatic rings. The van der Waals surface area contributed by atoms with Crippen molar-refractivity contribution in [2.24, 2.45) is 7.05 Å². The van der Waals surface area contributed by atoms with E-state index in [-0.39, 0.29) is 5.91 Å². The van der Waals surface area contributed by atoms with Crippen LogP contribution in [0.15, 0.2) is 66.6 Å². The molecule has 0 bridgehead atoms. The highest BCUT2D eigenvalue weighted by Gasteiger charge is 2.07. The molecule has 0 unspecified atom stereocenters. The number of carbonyl (C=O) groups is 1. The molecule has 0 saturated carbocycles. The number of ether oxygens (including phenoxy) is 1. The van der Waals surface area contributed by atoms with E-state index >= 15 is 0 Å². The third-order valence-corrected chi connectivity index (χ3v) is 4.66. The first-order valence-corrected chi connectivity index (χ1v) is 9.45. The number of hydrogen-bond acceptors (Lipinski definition) is 6. The summed E-state index contributed by atoms with van der Waals surface area (Å²) in [5.74, 6) is 0.485. The summed E-state index contributed by atoms with van der Waals surface area (Å²) in [4.78, 5) is 20.8. The maximum absolute atomic E-state index is 12.3. The lowest BCUT2D eigenvalue weighted by Crippen LogP contribution is -2.22. The number of nitrogens with one attached hydrogen (secondary N) is 1. The van der Waals surface area contributed by atoms with Crippen LogP contribution < -0.4 is 10.1 Å². The monoisotopic (exact) mass is 391 g/mol. The van der Waals surface area contributed by atoms with E-state index in [1.54, 1.807) is 47.5 Å². The number of pyridine rings is 1. The number of aryl methyl sites for hydroxylation is 1. The fourth-order valence-corrected chi connectivity index (χ4v) is 3.08. The molecule has 0 saturated heterocycles. The minimum absolute atomic E-state index is 0.155. The number of hydrogen-bond donors (Lipinski definition) is 1. The van der Waals surface area contributed by atoms with Gasteiger partial charge in [-0.3, -0.25) is 14.5 Å². The first-order chi connectivity index (χ1) is 13.7. The van der Waals surface area contributed by atoms with Crippen LogP contribution in [0.4, 0.5) is 0 Å². The van der Waals surface area contributed by atoms with Crippen molar-refractivity contribution in [2.75, 3.05) is 0 Å². The zero-order valence-corrected chi connectivity index (χ0v) is 15.9. The van der Waals surface area contributed by atoms with Crippen molar-refractivity contribution in [1.29, 1.82) is 0 Å². The Hall–Kier alpha value is -3.52. The molecular weight excluding hydrogens is 374 g/mol. The van der Waals surface area contributed by atoms with Crippen LogP contribution in [0.3, 0.4) is 0 Å². The van der Waals surface area contributed by atoms with Gasteiger partial charge in [-0.15, -0.1) is 0 Å². The number of aromatic nitrogens is 4. The number of carbonyl (C=O) groups excluding carboxylic acids is 1. The summed E-state index contributed by atoms with van der Waals surface area (Å²) in [6.07, 6.45) is 7.12. The van der Waals surface area contributed by atoms with Crippen molar-refractivity contribution < 1.29 is 9.53 Å². The topological polar surface area (TPSA) is 81.9 Å². The van der Waals surface area contributed by atoms with E-state index in [1.807, 2.05) is 30.8 Å². The summed E-state index contributed by atoms with van der Waals surface area (Å²) in [6.45, 7) is 0.399. The molecule has 3 aromatic heterocycles. The zero-order chi connectivity index (χ0) is 19.3. The highest BCUT2D eigenvalue weighted by Crippen LogP contribution is 2.23. The molecule has 8 heteroatoms. The summed E-state index contributed by atoms with van der Waals surface area (Å²) < 4.78 is 7.33. The second-order valence-electron chi connectivity index (χ2n) is 6.06.